The third kappa shape index (κ3) is 3.31. The third-order valence-corrected chi connectivity index (χ3v) is 5.02. The SMILES string of the molecule is CCc1nc(Cl)c2n1CCN(C(=O)O)C2COc1ccc(C)c(C)c1. The topological polar surface area (TPSA) is 67.6 Å². The smallest absolute Gasteiger partial charge is 0.408 e. The van der Waals surface area contributed by atoms with Gasteiger partial charge in [0.25, 0.3) is 0 Å². The van der Waals surface area contributed by atoms with Crippen LogP contribution in [0.4, 0.5) is 4.79 Å². The van der Waals surface area contributed by atoms with E-state index in [-0.39, 0.29) is 6.61 Å². The molecule has 0 saturated heterocycles. The number of rotatable bonds is 4. The van der Waals surface area contributed by atoms with Gasteiger partial charge in [0.15, 0.2) is 5.15 Å². The van der Waals surface area contributed by atoms with Gasteiger partial charge < -0.3 is 14.4 Å². The van der Waals surface area contributed by atoms with Crippen molar-refractivity contribution in [3.8, 4) is 5.75 Å². The lowest BCUT2D eigenvalue weighted by Gasteiger charge is -2.35. The first-order valence-corrected chi connectivity index (χ1v) is 8.74. The lowest BCUT2D eigenvalue weighted by atomic mass is 10.1. The molecule has 7 heteroatoms. The fourth-order valence-electron chi connectivity index (χ4n) is 3.21. The lowest BCUT2D eigenvalue weighted by Crippen LogP contribution is -2.44. The van der Waals surface area contributed by atoms with Gasteiger partial charge in [0, 0.05) is 19.5 Å². The number of carboxylic acid groups (broad SMARTS) is 1. The van der Waals surface area contributed by atoms with Crippen molar-refractivity contribution >= 4 is 17.7 Å². The van der Waals surface area contributed by atoms with Gasteiger partial charge in [-0.05, 0) is 37.1 Å². The van der Waals surface area contributed by atoms with Crippen LogP contribution in [0.1, 0.15) is 35.6 Å². The van der Waals surface area contributed by atoms with Crippen LogP contribution in [0.2, 0.25) is 5.15 Å². The van der Waals surface area contributed by atoms with Crippen molar-refractivity contribution < 1.29 is 14.6 Å². The number of hydrogen-bond donors (Lipinski definition) is 1. The van der Waals surface area contributed by atoms with Crippen molar-refractivity contribution in [3.63, 3.8) is 0 Å². The second-order valence-corrected chi connectivity index (χ2v) is 6.62. The first kappa shape index (κ1) is 17.6. The third-order valence-electron chi connectivity index (χ3n) is 4.75. The Morgan fingerprint density at radius 2 is 2.12 bits per heavy atom. The minimum atomic E-state index is -0.977. The monoisotopic (exact) mass is 363 g/mol. The molecule has 1 unspecified atom stereocenters. The zero-order valence-corrected chi connectivity index (χ0v) is 15.4. The van der Waals surface area contributed by atoms with Crippen LogP contribution in [0.25, 0.3) is 0 Å². The maximum absolute atomic E-state index is 11.7. The van der Waals surface area contributed by atoms with E-state index in [1.54, 1.807) is 0 Å². The van der Waals surface area contributed by atoms with Gasteiger partial charge in [-0.15, -0.1) is 0 Å². The summed E-state index contributed by atoms with van der Waals surface area (Å²) in [5.74, 6) is 1.60. The number of nitrogens with zero attached hydrogens (tertiary/aromatic N) is 3. The van der Waals surface area contributed by atoms with E-state index < -0.39 is 12.1 Å². The highest BCUT2D eigenvalue weighted by Gasteiger charge is 2.35. The molecule has 1 atom stereocenters. The van der Waals surface area contributed by atoms with Crippen LogP contribution in [0, 0.1) is 13.8 Å². The van der Waals surface area contributed by atoms with Crippen molar-refractivity contribution in [1.29, 1.82) is 0 Å². The molecule has 2 heterocycles. The number of aryl methyl sites for hydroxylation is 3. The second-order valence-electron chi connectivity index (χ2n) is 6.26. The standard InChI is InChI=1S/C18H22ClN3O3/c1-4-15-20-17(19)16-14(21(18(23)24)7-8-22(15)16)10-25-13-6-5-11(2)12(3)9-13/h5-6,9,14H,4,7-8,10H2,1-3H3,(H,23,24). The molecule has 134 valence electrons. The summed E-state index contributed by atoms with van der Waals surface area (Å²) in [5.41, 5.74) is 3.04. The Kier molecular flexibility index (Phi) is 4.90. The lowest BCUT2D eigenvalue weighted by molar-refractivity contribution is 0.0867. The van der Waals surface area contributed by atoms with Gasteiger partial charge in [-0.1, -0.05) is 24.6 Å². The van der Waals surface area contributed by atoms with Gasteiger partial charge in [-0.2, -0.15) is 0 Å². The van der Waals surface area contributed by atoms with E-state index in [0.717, 1.165) is 29.3 Å². The Labute approximate surface area is 152 Å². The highest BCUT2D eigenvalue weighted by Crippen LogP contribution is 2.33. The fourth-order valence-corrected chi connectivity index (χ4v) is 3.53. The average molecular weight is 364 g/mol. The number of imidazole rings is 1. The molecule has 0 bridgehead atoms. The van der Waals surface area contributed by atoms with E-state index in [9.17, 15) is 9.90 Å². The molecule has 1 aromatic carbocycles. The molecule has 0 radical (unpaired) electrons. The van der Waals surface area contributed by atoms with Crippen LogP contribution in [-0.4, -0.2) is 38.8 Å². The Bertz CT molecular complexity index is 803. The molecule has 1 aliphatic heterocycles. The van der Waals surface area contributed by atoms with Crippen LogP contribution in [0.5, 0.6) is 5.75 Å². The molecule has 0 fully saturated rings. The Balaban J connectivity index is 1.90. The Morgan fingerprint density at radius 1 is 1.36 bits per heavy atom. The summed E-state index contributed by atoms with van der Waals surface area (Å²) >= 11 is 6.33. The van der Waals surface area contributed by atoms with Crippen LogP contribution >= 0.6 is 11.6 Å². The van der Waals surface area contributed by atoms with Crippen molar-refractivity contribution in [1.82, 2.24) is 14.5 Å². The number of carbonyl (C=O) groups is 1. The number of halogens is 1. The first-order valence-electron chi connectivity index (χ1n) is 8.36. The van der Waals surface area contributed by atoms with Crippen LogP contribution < -0.4 is 4.74 Å². The summed E-state index contributed by atoms with van der Waals surface area (Å²) in [7, 11) is 0. The Hall–Kier alpha value is -2.21. The summed E-state index contributed by atoms with van der Waals surface area (Å²) in [6, 6.07) is 5.37. The van der Waals surface area contributed by atoms with Crippen molar-refractivity contribution in [2.75, 3.05) is 13.2 Å². The number of ether oxygens (including phenoxy) is 1. The minimum Gasteiger partial charge on any atom is -0.491 e. The predicted molar refractivity (Wildman–Crippen MR) is 95.5 cm³/mol. The average Bonchev–Trinajstić information content (AvgIpc) is 2.92. The number of aromatic nitrogens is 2. The number of fused-ring (bicyclic) bond motifs is 1. The molecule has 3 rings (SSSR count). The maximum Gasteiger partial charge on any atom is 0.408 e. The second kappa shape index (κ2) is 6.96. The molecule has 1 N–H and O–H groups in total. The van der Waals surface area contributed by atoms with E-state index in [1.165, 1.54) is 10.5 Å². The zero-order chi connectivity index (χ0) is 18.1. The van der Waals surface area contributed by atoms with Gasteiger partial charge >= 0.3 is 6.09 Å². The Morgan fingerprint density at radius 3 is 2.76 bits per heavy atom. The van der Waals surface area contributed by atoms with Gasteiger partial charge in [0.2, 0.25) is 0 Å². The summed E-state index contributed by atoms with van der Waals surface area (Å²) in [4.78, 5) is 17.4. The molecule has 25 heavy (non-hydrogen) atoms. The molecule has 6 nitrogen and oxygen atoms in total. The molecular weight excluding hydrogens is 342 g/mol. The molecule has 2 aromatic rings. The molecule has 1 amide bonds. The molecular formula is C18H22ClN3O3. The largest absolute Gasteiger partial charge is 0.491 e. The van der Waals surface area contributed by atoms with Crippen molar-refractivity contribution in [2.45, 2.75) is 39.8 Å². The zero-order valence-electron chi connectivity index (χ0n) is 14.6. The summed E-state index contributed by atoms with van der Waals surface area (Å²) < 4.78 is 7.94. The van der Waals surface area contributed by atoms with Crippen LogP contribution in [-0.2, 0) is 13.0 Å². The van der Waals surface area contributed by atoms with E-state index >= 15 is 0 Å². The van der Waals surface area contributed by atoms with Gasteiger partial charge in [-0.25, -0.2) is 9.78 Å². The van der Waals surface area contributed by atoms with Gasteiger partial charge in [0.05, 0.1) is 5.69 Å². The maximum atomic E-state index is 11.7. The fraction of sp³-hybridized carbons (Fsp3) is 0.444. The normalized spacial score (nSPS) is 16.6. The number of amides is 1. The summed E-state index contributed by atoms with van der Waals surface area (Å²) in [5, 5.41) is 9.92. The van der Waals surface area contributed by atoms with Crippen molar-refractivity contribution in [2.24, 2.45) is 0 Å². The van der Waals surface area contributed by atoms with E-state index in [1.807, 2.05) is 43.5 Å². The first-order chi connectivity index (χ1) is 11.9. The van der Waals surface area contributed by atoms with Gasteiger partial charge in [-0.3, -0.25) is 4.90 Å². The number of hydrogen-bond acceptors (Lipinski definition) is 3. The predicted octanol–water partition coefficient (Wildman–Crippen LogP) is 3.83. The highest BCUT2D eigenvalue weighted by atomic mass is 35.5. The van der Waals surface area contributed by atoms with E-state index in [2.05, 4.69) is 4.98 Å². The number of benzene rings is 1. The quantitative estimate of drug-likeness (QED) is 0.896. The van der Waals surface area contributed by atoms with Crippen molar-refractivity contribution in [3.05, 3.63) is 46.0 Å². The molecule has 1 aromatic heterocycles. The van der Waals surface area contributed by atoms with E-state index in [0.29, 0.717) is 18.2 Å². The highest BCUT2D eigenvalue weighted by molar-refractivity contribution is 6.30. The van der Waals surface area contributed by atoms with Crippen LogP contribution in [0.15, 0.2) is 18.2 Å². The summed E-state index contributed by atoms with van der Waals surface area (Å²) in [6.07, 6.45) is -0.229. The molecule has 0 saturated carbocycles. The van der Waals surface area contributed by atoms with Gasteiger partial charge in [0.1, 0.15) is 24.2 Å². The molecule has 0 aliphatic carbocycles. The summed E-state index contributed by atoms with van der Waals surface area (Å²) in [6.45, 7) is 7.22. The van der Waals surface area contributed by atoms with Crippen LogP contribution in [0.3, 0.4) is 0 Å². The van der Waals surface area contributed by atoms with E-state index in [4.69, 9.17) is 16.3 Å². The molecule has 1 aliphatic rings. The minimum absolute atomic E-state index is 0.198. The molecule has 0 spiro atoms.